The Morgan fingerprint density at radius 1 is 1.29 bits per heavy atom. The van der Waals surface area contributed by atoms with Gasteiger partial charge < -0.3 is 5.32 Å². The zero-order valence-electron chi connectivity index (χ0n) is 10.6. The standard InChI is InChI=1S/C14H8ClFN4S/c15-10-2-4-12-14(20-21-19-12)13(10)18-7-8-1-3-11(16)9(5-8)6-17/h1-5,18H,7H2. The monoisotopic (exact) mass is 318 g/mol. The fourth-order valence-corrected chi connectivity index (χ4v) is 2.72. The molecule has 0 spiro atoms. The van der Waals surface area contributed by atoms with E-state index in [2.05, 4.69) is 14.1 Å². The first kappa shape index (κ1) is 13.7. The molecule has 0 radical (unpaired) electrons. The van der Waals surface area contributed by atoms with Crippen LogP contribution in [0.15, 0.2) is 30.3 Å². The van der Waals surface area contributed by atoms with Crippen molar-refractivity contribution in [2.45, 2.75) is 6.54 Å². The van der Waals surface area contributed by atoms with Gasteiger partial charge in [0.2, 0.25) is 0 Å². The Bertz CT molecular complexity index is 856. The highest BCUT2D eigenvalue weighted by atomic mass is 35.5. The maximum Gasteiger partial charge on any atom is 0.140 e. The number of anilines is 1. The molecular weight excluding hydrogens is 311 g/mol. The van der Waals surface area contributed by atoms with Gasteiger partial charge in [0.15, 0.2) is 0 Å². The molecule has 0 fully saturated rings. The molecule has 0 saturated carbocycles. The van der Waals surface area contributed by atoms with Crippen molar-refractivity contribution >= 4 is 40.0 Å². The Morgan fingerprint density at radius 2 is 2.14 bits per heavy atom. The number of benzene rings is 2. The lowest BCUT2D eigenvalue weighted by Gasteiger charge is -2.09. The largest absolute Gasteiger partial charge is 0.378 e. The zero-order chi connectivity index (χ0) is 14.8. The van der Waals surface area contributed by atoms with E-state index in [-0.39, 0.29) is 5.56 Å². The van der Waals surface area contributed by atoms with Crippen LogP contribution in [0.5, 0.6) is 0 Å². The molecule has 2 aromatic carbocycles. The summed E-state index contributed by atoms with van der Waals surface area (Å²) in [7, 11) is 0. The first-order valence-electron chi connectivity index (χ1n) is 6.02. The molecule has 4 nitrogen and oxygen atoms in total. The van der Waals surface area contributed by atoms with Crippen molar-refractivity contribution in [3.63, 3.8) is 0 Å². The van der Waals surface area contributed by atoms with Crippen LogP contribution >= 0.6 is 23.3 Å². The number of halogens is 2. The summed E-state index contributed by atoms with van der Waals surface area (Å²) in [5, 5.41) is 12.5. The average Bonchev–Trinajstić information content (AvgIpc) is 2.96. The van der Waals surface area contributed by atoms with Gasteiger partial charge in [-0.15, -0.1) is 0 Å². The molecular formula is C14H8ClFN4S. The highest BCUT2D eigenvalue weighted by molar-refractivity contribution is 7.00. The van der Waals surface area contributed by atoms with Crippen molar-refractivity contribution in [3.05, 3.63) is 52.3 Å². The minimum absolute atomic E-state index is 0.0222. The molecule has 0 amide bonds. The number of hydrogen-bond acceptors (Lipinski definition) is 5. The third-order valence-electron chi connectivity index (χ3n) is 3.00. The Morgan fingerprint density at radius 3 is 2.95 bits per heavy atom. The van der Waals surface area contributed by atoms with Crippen LogP contribution in [-0.2, 0) is 6.54 Å². The van der Waals surface area contributed by atoms with Crippen molar-refractivity contribution < 1.29 is 4.39 Å². The molecule has 7 heteroatoms. The average molecular weight is 319 g/mol. The number of nitrogens with one attached hydrogen (secondary N) is 1. The van der Waals surface area contributed by atoms with Crippen LogP contribution in [0.2, 0.25) is 5.02 Å². The highest BCUT2D eigenvalue weighted by Gasteiger charge is 2.10. The fraction of sp³-hybridized carbons (Fsp3) is 0.0714. The number of hydrogen-bond donors (Lipinski definition) is 1. The van der Waals surface area contributed by atoms with Gasteiger partial charge in [-0.05, 0) is 29.8 Å². The van der Waals surface area contributed by atoms with Crippen molar-refractivity contribution in [1.82, 2.24) is 8.75 Å². The summed E-state index contributed by atoms with van der Waals surface area (Å²) >= 11 is 7.29. The summed E-state index contributed by atoms with van der Waals surface area (Å²) < 4.78 is 21.6. The summed E-state index contributed by atoms with van der Waals surface area (Å²) in [6.07, 6.45) is 0. The summed E-state index contributed by atoms with van der Waals surface area (Å²) in [4.78, 5) is 0. The van der Waals surface area contributed by atoms with Crippen molar-refractivity contribution in [2.24, 2.45) is 0 Å². The van der Waals surface area contributed by atoms with E-state index in [0.29, 0.717) is 22.8 Å². The quantitative estimate of drug-likeness (QED) is 0.793. The molecule has 0 atom stereocenters. The predicted octanol–water partition coefficient (Wildman–Crippen LogP) is 3.97. The van der Waals surface area contributed by atoms with E-state index in [1.807, 2.05) is 6.07 Å². The molecule has 0 unspecified atom stereocenters. The summed E-state index contributed by atoms with van der Waals surface area (Å²) in [6, 6.07) is 9.78. The molecule has 0 bridgehead atoms. The van der Waals surface area contributed by atoms with Gasteiger partial charge in [-0.1, -0.05) is 17.7 Å². The normalized spacial score (nSPS) is 10.5. The van der Waals surface area contributed by atoms with E-state index in [1.165, 1.54) is 12.1 Å². The number of aromatic nitrogens is 2. The van der Waals surface area contributed by atoms with Crippen molar-refractivity contribution in [1.29, 1.82) is 5.26 Å². The predicted molar refractivity (Wildman–Crippen MR) is 80.9 cm³/mol. The molecule has 0 saturated heterocycles. The topological polar surface area (TPSA) is 61.6 Å². The Labute approximate surface area is 129 Å². The molecule has 1 aromatic heterocycles. The lowest BCUT2D eigenvalue weighted by molar-refractivity contribution is 0.623. The summed E-state index contributed by atoms with van der Waals surface area (Å²) in [6.45, 7) is 0.408. The third-order valence-corrected chi connectivity index (χ3v) is 3.86. The third kappa shape index (κ3) is 2.66. The lowest BCUT2D eigenvalue weighted by atomic mass is 10.1. The van der Waals surface area contributed by atoms with Gasteiger partial charge in [-0.25, -0.2) is 4.39 Å². The van der Waals surface area contributed by atoms with Gasteiger partial charge in [0.05, 0.1) is 28.0 Å². The summed E-state index contributed by atoms with van der Waals surface area (Å²) in [5.74, 6) is -0.523. The van der Waals surface area contributed by atoms with E-state index in [4.69, 9.17) is 16.9 Å². The lowest BCUT2D eigenvalue weighted by Crippen LogP contribution is -2.01. The van der Waals surface area contributed by atoms with Crippen LogP contribution in [0.4, 0.5) is 10.1 Å². The van der Waals surface area contributed by atoms with E-state index in [9.17, 15) is 4.39 Å². The van der Waals surface area contributed by atoms with E-state index < -0.39 is 5.82 Å². The number of nitrogens with zero attached hydrogens (tertiary/aromatic N) is 3. The Balaban J connectivity index is 1.88. The molecule has 1 heterocycles. The van der Waals surface area contributed by atoms with Gasteiger partial charge in [0.1, 0.15) is 22.9 Å². The second-order valence-corrected chi connectivity index (χ2v) is 5.27. The second-order valence-electron chi connectivity index (χ2n) is 4.33. The fourth-order valence-electron chi connectivity index (χ4n) is 1.95. The number of nitriles is 1. The van der Waals surface area contributed by atoms with E-state index in [0.717, 1.165) is 22.8 Å². The van der Waals surface area contributed by atoms with Crippen LogP contribution in [0, 0.1) is 17.1 Å². The van der Waals surface area contributed by atoms with Crippen LogP contribution in [0.25, 0.3) is 11.0 Å². The maximum absolute atomic E-state index is 13.3. The molecule has 104 valence electrons. The maximum atomic E-state index is 13.3. The van der Waals surface area contributed by atoms with E-state index in [1.54, 1.807) is 18.2 Å². The summed E-state index contributed by atoms with van der Waals surface area (Å²) in [5.41, 5.74) is 2.96. The van der Waals surface area contributed by atoms with Gasteiger partial charge in [0, 0.05) is 6.54 Å². The van der Waals surface area contributed by atoms with Crippen LogP contribution in [-0.4, -0.2) is 8.75 Å². The van der Waals surface area contributed by atoms with Gasteiger partial charge >= 0.3 is 0 Å². The number of fused-ring (bicyclic) bond motifs is 1. The van der Waals surface area contributed by atoms with Crippen molar-refractivity contribution in [3.8, 4) is 6.07 Å². The zero-order valence-corrected chi connectivity index (χ0v) is 12.2. The molecule has 3 rings (SSSR count). The Hall–Kier alpha value is -2.23. The first-order chi connectivity index (χ1) is 10.2. The van der Waals surface area contributed by atoms with Crippen LogP contribution in [0.1, 0.15) is 11.1 Å². The molecule has 0 aliphatic heterocycles. The molecule has 3 aromatic rings. The minimum atomic E-state index is -0.523. The second kappa shape index (κ2) is 5.64. The molecule has 0 aliphatic carbocycles. The van der Waals surface area contributed by atoms with Crippen molar-refractivity contribution in [2.75, 3.05) is 5.32 Å². The highest BCUT2D eigenvalue weighted by Crippen LogP contribution is 2.30. The first-order valence-corrected chi connectivity index (χ1v) is 7.13. The molecule has 0 aliphatic rings. The van der Waals surface area contributed by atoms with Gasteiger partial charge in [-0.3, -0.25) is 0 Å². The Kier molecular flexibility index (Phi) is 3.69. The number of rotatable bonds is 3. The minimum Gasteiger partial charge on any atom is -0.378 e. The van der Waals surface area contributed by atoms with Crippen LogP contribution < -0.4 is 5.32 Å². The van der Waals surface area contributed by atoms with E-state index >= 15 is 0 Å². The molecule has 21 heavy (non-hydrogen) atoms. The SMILES string of the molecule is N#Cc1cc(CNc2c(Cl)ccc3nsnc23)ccc1F. The smallest absolute Gasteiger partial charge is 0.140 e. The van der Waals surface area contributed by atoms with Crippen LogP contribution in [0.3, 0.4) is 0 Å². The van der Waals surface area contributed by atoms with Gasteiger partial charge in [-0.2, -0.15) is 14.0 Å². The van der Waals surface area contributed by atoms with Gasteiger partial charge in [0.25, 0.3) is 0 Å². The molecule has 1 N–H and O–H groups in total.